The van der Waals surface area contributed by atoms with Crippen LogP contribution in [0, 0.1) is 0 Å². The molecule has 0 aromatic heterocycles. The highest BCUT2D eigenvalue weighted by atomic mass is 32.3. The SMILES string of the molecule is CC/C=C\C/C=C\C/C=C\C/C=C\C/C=C\C/C=C\C/C=C\CCCCCCOCC(COC1OC(CO)C(O)C(OS(=O)(=O)O)C1O)OC(=O)CCCCCCCCCCCCC/C=C\CCCCCCCCCC. The summed E-state index contributed by atoms with van der Waals surface area (Å²) >= 11 is 0. The van der Waals surface area contributed by atoms with Gasteiger partial charge in [-0.15, -0.1) is 0 Å². The maximum Gasteiger partial charge on any atom is 0.397 e. The first-order valence-electron chi connectivity index (χ1n) is 30.0. The molecular formula is C63H108O12S. The Balaban J connectivity index is 2.32. The van der Waals surface area contributed by atoms with Gasteiger partial charge in [-0.1, -0.05) is 227 Å². The third kappa shape index (κ3) is 44.9. The molecule has 6 atom stereocenters. The van der Waals surface area contributed by atoms with Crippen molar-refractivity contribution in [3.05, 3.63) is 97.2 Å². The average molecular weight is 1090 g/mol. The molecule has 6 unspecified atom stereocenters. The zero-order valence-corrected chi connectivity index (χ0v) is 48.4. The van der Waals surface area contributed by atoms with Crippen LogP contribution in [0.1, 0.15) is 232 Å². The Kier molecular flexibility index (Phi) is 49.3. The molecule has 0 aromatic carbocycles. The maximum absolute atomic E-state index is 13.0. The fourth-order valence-corrected chi connectivity index (χ4v) is 9.22. The minimum absolute atomic E-state index is 0.0132. The molecule has 1 fully saturated rings. The van der Waals surface area contributed by atoms with E-state index in [1.54, 1.807) is 0 Å². The number of allylic oxidation sites excluding steroid dienone is 16. The lowest BCUT2D eigenvalue weighted by atomic mass is 9.99. The summed E-state index contributed by atoms with van der Waals surface area (Å²) in [7, 11) is -5.08. The van der Waals surface area contributed by atoms with Crippen LogP contribution in [0.3, 0.4) is 0 Å². The van der Waals surface area contributed by atoms with Crippen LogP contribution in [0.4, 0.5) is 0 Å². The summed E-state index contributed by atoms with van der Waals surface area (Å²) in [6, 6.07) is 0. The number of aliphatic hydroxyl groups is 3. The summed E-state index contributed by atoms with van der Waals surface area (Å²) in [6.45, 7) is 3.83. The zero-order valence-electron chi connectivity index (χ0n) is 47.5. The van der Waals surface area contributed by atoms with E-state index < -0.39 is 59.8 Å². The zero-order chi connectivity index (χ0) is 55.3. The molecule has 4 N–H and O–H groups in total. The van der Waals surface area contributed by atoms with Gasteiger partial charge in [0.2, 0.25) is 0 Å². The first-order valence-corrected chi connectivity index (χ1v) is 31.4. The number of hydrogen-bond donors (Lipinski definition) is 4. The topological polar surface area (TPSA) is 178 Å². The highest BCUT2D eigenvalue weighted by Gasteiger charge is 2.48. The van der Waals surface area contributed by atoms with Crippen molar-refractivity contribution < 1.29 is 56.2 Å². The van der Waals surface area contributed by atoms with Crippen LogP contribution in [-0.2, 0) is 38.3 Å². The maximum atomic E-state index is 13.0. The van der Waals surface area contributed by atoms with Crippen LogP contribution >= 0.6 is 0 Å². The van der Waals surface area contributed by atoms with Crippen molar-refractivity contribution in [1.29, 1.82) is 0 Å². The van der Waals surface area contributed by atoms with Crippen LogP contribution in [-0.4, -0.2) is 97.5 Å². The number of hydrogen-bond acceptors (Lipinski definition) is 11. The van der Waals surface area contributed by atoms with E-state index >= 15 is 0 Å². The smallest absolute Gasteiger partial charge is 0.397 e. The molecule has 1 saturated heterocycles. The average Bonchev–Trinajstić information content (AvgIpc) is 3.40. The molecule has 0 bridgehead atoms. The van der Waals surface area contributed by atoms with E-state index in [1.807, 2.05) is 0 Å². The van der Waals surface area contributed by atoms with E-state index in [-0.39, 0.29) is 19.6 Å². The second-order valence-corrected chi connectivity index (χ2v) is 21.3. The fourth-order valence-electron chi connectivity index (χ4n) is 8.71. The van der Waals surface area contributed by atoms with Crippen molar-refractivity contribution in [2.75, 3.05) is 26.4 Å². The molecule has 1 heterocycles. The second-order valence-electron chi connectivity index (χ2n) is 20.2. The van der Waals surface area contributed by atoms with Crippen LogP contribution in [0.5, 0.6) is 0 Å². The van der Waals surface area contributed by atoms with Gasteiger partial charge >= 0.3 is 16.4 Å². The van der Waals surface area contributed by atoms with Crippen molar-refractivity contribution >= 4 is 16.4 Å². The van der Waals surface area contributed by atoms with E-state index in [2.05, 4.69) is 115 Å². The van der Waals surface area contributed by atoms with E-state index in [4.69, 9.17) is 18.9 Å². The molecule has 0 spiro atoms. The molecule has 0 amide bonds. The molecule has 1 rings (SSSR count). The summed E-state index contributed by atoms with van der Waals surface area (Å²) in [5.74, 6) is -0.411. The summed E-state index contributed by atoms with van der Waals surface area (Å²) in [6.07, 6.45) is 64.4. The minimum Gasteiger partial charge on any atom is -0.457 e. The van der Waals surface area contributed by atoms with Gasteiger partial charge in [0.25, 0.3) is 0 Å². The van der Waals surface area contributed by atoms with E-state index in [0.717, 1.165) is 96.3 Å². The van der Waals surface area contributed by atoms with E-state index in [9.17, 15) is 33.1 Å². The Morgan fingerprint density at radius 1 is 0.513 bits per heavy atom. The quantitative estimate of drug-likeness (QED) is 0.0196. The first kappa shape index (κ1) is 71.0. The van der Waals surface area contributed by atoms with Gasteiger partial charge in [-0.2, -0.15) is 8.42 Å². The molecule has 1 aliphatic heterocycles. The molecule has 13 heteroatoms. The summed E-state index contributed by atoms with van der Waals surface area (Å²) in [5.41, 5.74) is 0. The van der Waals surface area contributed by atoms with Gasteiger partial charge in [0.1, 0.15) is 30.5 Å². The van der Waals surface area contributed by atoms with Crippen molar-refractivity contribution in [2.45, 2.75) is 269 Å². The number of aliphatic hydroxyl groups excluding tert-OH is 3. The molecule has 0 radical (unpaired) electrons. The molecule has 438 valence electrons. The monoisotopic (exact) mass is 1090 g/mol. The molecule has 76 heavy (non-hydrogen) atoms. The number of carbonyl (C=O) groups excluding carboxylic acids is 1. The Bertz CT molecular complexity index is 1680. The van der Waals surface area contributed by atoms with Gasteiger partial charge < -0.3 is 34.3 Å². The largest absolute Gasteiger partial charge is 0.457 e. The normalized spacial score (nSPS) is 19.3. The lowest BCUT2D eigenvalue weighted by molar-refractivity contribution is -0.301. The van der Waals surface area contributed by atoms with Crippen LogP contribution in [0.25, 0.3) is 0 Å². The number of ether oxygens (including phenoxy) is 4. The van der Waals surface area contributed by atoms with Crippen LogP contribution in [0.2, 0.25) is 0 Å². The van der Waals surface area contributed by atoms with E-state index in [1.165, 1.54) is 109 Å². The summed E-state index contributed by atoms with van der Waals surface area (Å²) < 4.78 is 59.5. The number of unbranched alkanes of at least 4 members (excludes halogenated alkanes) is 23. The van der Waals surface area contributed by atoms with Crippen LogP contribution in [0.15, 0.2) is 97.2 Å². The minimum atomic E-state index is -5.08. The third-order valence-electron chi connectivity index (χ3n) is 13.2. The number of esters is 1. The highest BCUT2D eigenvalue weighted by Crippen LogP contribution is 2.26. The number of rotatable bonds is 52. The second kappa shape index (κ2) is 52.7. The standard InChI is InChI=1S/C63H108O12S/c1-3-5-7-9-11-13-15-17-19-21-23-25-27-28-29-31-33-35-37-39-41-43-45-47-49-51-53-71-55-57(56-72-63-61(67)62(75-76(68,69)70)60(66)58(54-64)74-63)73-59(65)52-50-48-46-44-42-40-38-36-34-32-30-26-24-22-20-18-16-14-12-10-8-6-4-2/h5,7,11,13,17,19,22-25,28-29,33,35,39,41,57-58,60-64,66-67H,3-4,6,8-10,12,14-16,18,20-21,26-27,30-32,34,36-38,40,42-56H2,1-2H3,(H,68,69,70)/b7-5-,13-11-,19-17-,24-22-,25-23-,29-28-,35-33-,41-39-. The van der Waals surface area contributed by atoms with Gasteiger partial charge in [-0.05, 0) is 96.3 Å². The van der Waals surface area contributed by atoms with Gasteiger partial charge in [0, 0.05) is 13.0 Å². The van der Waals surface area contributed by atoms with Gasteiger partial charge in [-0.25, -0.2) is 4.18 Å². The van der Waals surface area contributed by atoms with Crippen molar-refractivity contribution in [1.82, 2.24) is 0 Å². The lowest BCUT2D eigenvalue weighted by Crippen LogP contribution is -2.60. The molecule has 0 aromatic rings. The Labute approximate surface area is 463 Å². The Hall–Kier alpha value is -2.98. The van der Waals surface area contributed by atoms with Gasteiger partial charge in [0.05, 0.1) is 19.8 Å². The van der Waals surface area contributed by atoms with Gasteiger partial charge in [-0.3, -0.25) is 9.35 Å². The van der Waals surface area contributed by atoms with Crippen molar-refractivity contribution in [3.8, 4) is 0 Å². The predicted octanol–water partition coefficient (Wildman–Crippen LogP) is 15.3. The van der Waals surface area contributed by atoms with Crippen LogP contribution < -0.4 is 0 Å². The lowest BCUT2D eigenvalue weighted by Gasteiger charge is -2.41. The third-order valence-corrected chi connectivity index (χ3v) is 13.7. The highest BCUT2D eigenvalue weighted by molar-refractivity contribution is 7.80. The fraction of sp³-hybridized carbons (Fsp3) is 0.730. The summed E-state index contributed by atoms with van der Waals surface area (Å²) in [5, 5.41) is 30.9. The first-order chi connectivity index (χ1) is 37.1. The molecule has 0 saturated carbocycles. The Morgan fingerprint density at radius 3 is 1.34 bits per heavy atom. The summed E-state index contributed by atoms with van der Waals surface area (Å²) in [4.78, 5) is 13.0. The molecule has 1 aliphatic rings. The van der Waals surface area contributed by atoms with Crippen molar-refractivity contribution in [2.24, 2.45) is 0 Å². The van der Waals surface area contributed by atoms with Gasteiger partial charge in [0.15, 0.2) is 6.29 Å². The molecular weight excluding hydrogens is 981 g/mol. The Morgan fingerprint density at radius 2 is 0.908 bits per heavy atom. The number of carbonyl (C=O) groups is 1. The molecule has 0 aliphatic carbocycles. The van der Waals surface area contributed by atoms with Crippen molar-refractivity contribution in [3.63, 3.8) is 0 Å². The predicted molar refractivity (Wildman–Crippen MR) is 312 cm³/mol. The van der Waals surface area contributed by atoms with E-state index in [0.29, 0.717) is 13.0 Å². The molecule has 12 nitrogen and oxygen atoms in total.